The fourth-order valence-electron chi connectivity index (χ4n) is 2.05. The third kappa shape index (κ3) is 2.18. The Hall–Kier alpha value is -2.35. The lowest BCUT2D eigenvalue weighted by atomic mass is 10.2. The first kappa shape index (κ1) is 10.8. The molecule has 0 saturated carbocycles. The average Bonchev–Trinajstić information content (AvgIpc) is 3.08. The monoisotopic (exact) mass is 234 g/mol. The molecule has 3 aromatic rings. The lowest BCUT2D eigenvalue weighted by Gasteiger charge is -1.91. The Morgan fingerprint density at radius 2 is 1.72 bits per heavy atom. The highest BCUT2D eigenvalue weighted by molar-refractivity contribution is 5.78. The summed E-state index contributed by atoms with van der Waals surface area (Å²) in [5, 5.41) is 1.28. The number of rotatable bonds is 0. The second-order valence-electron chi connectivity index (χ2n) is 4.21. The van der Waals surface area contributed by atoms with Gasteiger partial charge >= 0.3 is 0 Å². The number of H-pyrrole nitrogens is 1. The summed E-state index contributed by atoms with van der Waals surface area (Å²) >= 11 is 0. The Kier molecular flexibility index (Phi) is 2.92. The van der Waals surface area contributed by atoms with Crippen LogP contribution in [-0.4, -0.2) is 11.2 Å². The van der Waals surface area contributed by atoms with Crippen LogP contribution >= 0.6 is 0 Å². The molecule has 0 aliphatic carbocycles. The number of aromatic amines is 1. The number of hydrogen-bond donors (Lipinski definition) is 1. The van der Waals surface area contributed by atoms with Crippen LogP contribution in [0.1, 0.15) is 5.56 Å². The summed E-state index contributed by atoms with van der Waals surface area (Å²) in [5.41, 5.74) is 3.69. The summed E-state index contributed by atoms with van der Waals surface area (Å²) in [6, 6.07) is 18.5. The van der Waals surface area contributed by atoms with Crippen LogP contribution in [0, 0.1) is 0 Å². The summed E-state index contributed by atoms with van der Waals surface area (Å²) in [6.07, 6.45) is 4.91. The van der Waals surface area contributed by atoms with Gasteiger partial charge in [-0.25, -0.2) is 0 Å². The predicted molar refractivity (Wildman–Crippen MR) is 76.6 cm³/mol. The van der Waals surface area contributed by atoms with Crippen molar-refractivity contribution in [2.45, 2.75) is 6.42 Å². The highest BCUT2D eigenvalue weighted by atomic mass is 14.7. The first-order valence-electron chi connectivity index (χ1n) is 6.06. The smallest absolute Gasteiger partial charge is 0.0661 e. The zero-order valence-electron chi connectivity index (χ0n) is 10.0. The average molecular weight is 234 g/mol. The normalized spacial score (nSPS) is 12.0. The molecule has 18 heavy (non-hydrogen) atoms. The molecule has 2 heteroatoms. The molecule has 0 spiro atoms. The molecule has 2 nitrogen and oxygen atoms in total. The molecule has 0 amide bonds. The molecule has 1 aromatic heterocycles. The summed E-state index contributed by atoms with van der Waals surface area (Å²) < 4.78 is 0. The summed E-state index contributed by atoms with van der Waals surface area (Å²) in [4.78, 5) is 7.29. The van der Waals surface area contributed by atoms with E-state index in [9.17, 15) is 0 Å². The third-order valence-corrected chi connectivity index (χ3v) is 3.00. The van der Waals surface area contributed by atoms with E-state index in [1.807, 2.05) is 42.7 Å². The Balaban J connectivity index is 0.000000111. The van der Waals surface area contributed by atoms with Crippen molar-refractivity contribution in [2.24, 2.45) is 4.99 Å². The molecule has 0 radical (unpaired) electrons. The maximum Gasteiger partial charge on any atom is 0.0661 e. The minimum absolute atomic E-state index is 1.01. The van der Waals surface area contributed by atoms with Crippen molar-refractivity contribution in [3.63, 3.8) is 0 Å². The number of nitrogens with zero attached hydrogens (tertiary/aromatic N) is 1. The van der Waals surface area contributed by atoms with Crippen LogP contribution in [0.4, 0.5) is 5.69 Å². The van der Waals surface area contributed by atoms with Crippen LogP contribution in [0.2, 0.25) is 0 Å². The van der Waals surface area contributed by atoms with Gasteiger partial charge in [-0.2, -0.15) is 0 Å². The van der Waals surface area contributed by atoms with E-state index in [4.69, 9.17) is 0 Å². The molecular weight excluding hydrogens is 220 g/mol. The zero-order valence-corrected chi connectivity index (χ0v) is 10.0. The van der Waals surface area contributed by atoms with Crippen molar-refractivity contribution in [3.05, 3.63) is 66.4 Å². The third-order valence-electron chi connectivity index (χ3n) is 3.00. The molecule has 0 unspecified atom stereocenters. The van der Waals surface area contributed by atoms with E-state index in [-0.39, 0.29) is 0 Å². The van der Waals surface area contributed by atoms with Gasteiger partial charge in [0.15, 0.2) is 0 Å². The maximum absolute atomic E-state index is 4.17. The molecule has 1 aliphatic rings. The van der Waals surface area contributed by atoms with Crippen molar-refractivity contribution in [3.8, 4) is 0 Å². The number of hydrogen-bond acceptors (Lipinski definition) is 1. The van der Waals surface area contributed by atoms with Crippen LogP contribution in [0.25, 0.3) is 10.9 Å². The predicted octanol–water partition coefficient (Wildman–Crippen LogP) is 4.11. The van der Waals surface area contributed by atoms with Crippen LogP contribution in [0.3, 0.4) is 0 Å². The maximum atomic E-state index is 4.17. The molecule has 0 saturated heterocycles. The molecule has 0 bridgehead atoms. The molecule has 88 valence electrons. The van der Waals surface area contributed by atoms with Gasteiger partial charge in [0.2, 0.25) is 0 Å². The molecule has 0 atom stereocenters. The van der Waals surface area contributed by atoms with Crippen LogP contribution in [-0.2, 0) is 6.42 Å². The van der Waals surface area contributed by atoms with Gasteiger partial charge in [0.05, 0.1) is 5.69 Å². The van der Waals surface area contributed by atoms with Crippen molar-refractivity contribution >= 4 is 22.8 Å². The minimum Gasteiger partial charge on any atom is -0.361 e. The Morgan fingerprint density at radius 3 is 2.61 bits per heavy atom. The SMILES string of the molecule is C1=Nc2ccccc2C1.c1ccc2[nH]ccc2c1. The number of benzene rings is 2. The molecule has 1 N–H and O–H groups in total. The van der Waals surface area contributed by atoms with Gasteiger partial charge in [0, 0.05) is 24.3 Å². The van der Waals surface area contributed by atoms with E-state index < -0.39 is 0 Å². The van der Waals surface area contributed by atoms with E-state index in [2.05, 4.69) is 34.2 Å². The Morgan fingerprint density at radius 1 is 0.889 bits per heavy atom. The lowest BCUT2D eigenvalue weighted by Crippen LogP contribution is -1.75. The second-order valence-corrected chi connectivity index (χ2v) is 4.21. The highest BCUT2D eigenvalue weighted by Crippen LogP contribution is 2.22. The van der Waals surface area contributed by atoms with Gasteiger partial charge in [-0.15, -0.1) is 0 Å². The first-order valence-corrected chi connectivity index (χ1v) is 6.06. The Bertz CT molecular complexity index is 650. The largest absolute Gasteiger partial charge is 0.361 e. The van der Waals surface area contributed by atoms with E-state index >= 15 is 0 Å². The summed E-state index contributed by atoms with van der Waals surface area (Å²) in [7, 11) is 0. The number of para-hydroxylation sites is 2. The second kappa shape index (κ2) is 4.88. The van der Waals surface area contributed by atoms with Crippen LogP contribution < -0.4 is 0 Å². The number of aromatic nitrogens is 1. The number of nitrogens with one attached hydrogen (secondary N) is 1. The molecule has 2 heterocycles. The van der Waals surface area contributed by atoms with E-state index in [0.717, 1.165) is 12.1 Å². The van der Waals surface area contributed by atoms with E-state index in [0.29, 0.717) is 0 Å². The summed E-state index contributed by atoms with van der Waals surface area (Å²) in [6.45, 7) is 0. The van der Waals surface area contributed by atoms with E-state index in [1.165, 1.54) is 16.5 Å². The minimum atomic E-state index is 1.01. The summed E-state index contributed by atoms with van der Waals surface area (Å²) in [5.74, 6) is 0. The first-order chi connectivity index (χ1) is 8.93. The van der Waals surface area contributed by atoms with Gasteiger partial charge in [-0.3, -0.25) is 4.99 Å². The van der Waals surface area contributed by atoms with Gasteiger partial charge in [-0.1, -0.05) is 36.4 Å². The van der Waals surface area contributed by atoms with Crippen molar-refractivity contribution in [1.82, 2.24) is 4.98 Å². The van der Waals surface area contributed by atoms with Crippen LogP contribution in [0.5, 0.6) is 0 Å². The van der Waals surface area contributed by atoms with Gasteiger partial charge in [-0.05, 0) is 29.1 Å². The lowest BCUT2D eigenvalue weighted by molar-refractivity contribution is 1.41. The fraction of sp³-hybridized carbons (Fsp3) is 0.0625. The molecular formula is C16H14N2. The van der Waals surface area contributed by atoms with Crippen molar-refractivity contribution in [1.29, 1.82) is 0 Å². The quantitative estimate of drug-likeness (QED) is 0.606. The van der Waals surface area contributed by atoms with Crippen molar-refractivity contribution in [2.75, 3.05) is 0 Å². The standard InChI is InChI=1S/2C8H7N/c2*1-2-4-8-7(3-1)5-6-9-8/h1-4,6H,5H2;1-6,9H. The fourth-order valence-corrected chi connectivity index (χ4v) is 2.05. The number of fused-ring (bicyclic) bond motifs is 2. The molecule has 4 rings (SSSR count). The van der Waals surface area contributed by atoms with Gasteiger partial charge < -0.3 is 4.98 Å². The number of aliphatic imine (C=N–C) groups is 1. The van der Waals surface area contributed by atoms with Crippen LogP contribution in [0.15, 0.2) is 65.8 Å². The molecule has 2 aromatic carbocycles. The van der Waals surface area contributed by atoms with E-state index in [1.54, 1.807) is 0 Å². The molecule has 1 aliphatic heterocycles. The Labute approximate surface area is 106 Å². The zero-order chi connectivity index (χ0) is 12.2. The van der Waals surface area contributed by atoms with Crippen molar-refractivity contribution < 1.29 is 0 Å². The highest BCUT2D eigenvalue weighted by Gasteiger charge is 2.01. The topological polar surface area (TPSA) is 28.1 Å². The van der Waals surface area contributed by atoms with Gasteiger partial charge in [0.1, 0.15) is 0 Å². The molecule has 0 fully saturated rings. The van der Waals surface area contributed by atoms with Gasteiger partial charge in [0.25, 0.3) is 0 Å².